The largest absolute Gasteiger partial charge is 0.497 e. The van der Waals surface area contributed by atoms with Crippen LogP contribution in [0, 0.1) is 0 Å². The second-order valence-electron chi connectivity index (χ2n) is 6.25. The molecule has 1 aliphatic rings. The van der Waals surface area contributed by atoms with E-state index in [1.54, 1.807) is 31.8 Å². The Bertz CT molecular complexity index is 1090. The average molecular weight is 382 g/mol. The zero-order valence-electron chi connectivity index (χ0n) is 15.8. The van der Waals surface area contributed by atoms with Gasteiger partial charge in [-0.05, 0) is 29.8 Å². The van der Waals surface area contributed by atoms with Gasteiger partial charge in [-0.3, -0.25) is 9.78 Å². The minimum Gasteiger partial charge on any atom is -0.497 e. The molecule has 6 heteroatoms. The van der Waals surface area contributed by atoms with Gasteiger partial charge in [-0.15, -0.1) is 0 Å². The van der Waals surface area contributed by atoms with Gasteiger partial charge in [-0.2, -0.15) is 10.1 Å². The molecular weight excluding hydrogens is 364 g/mol. The lowest BCUT2D eigenvalue weighted by Crippen LogP contribution is -2.27. The van der Waals surface area contributed by atoms with Gasteiger partial charge in [-0.1, -0.05) is 48.5 Å². The number of amidine groups is 1. The SMILES string of the molecule is COc1ccc(/C=C2\N=C(c3ccccc3)N(/N=C/c3cccnc3)C2=O)cc1. The smallest absolute Gasteiger partial charge is 0.298 e. The molecule has 1 amide bonds. The average Bonchev–Trinajstić information content (AvgIpc) is 3.09. The molecule has 1 aliphatic heterocycles. The number of pyridine rings is 1. The molecule has 0 radical (unpaired) electrons. The molecule has 1 aromatic heterocycles. The number of carbonyl (C=O) groups is 1. The molecular formula is C23H18N4O2. The molecule has 0 aliphatic carbocycles. The van der Waals surface area contributed by atoms with Crippen molar-refractivity contribution in [1.29, 1.82) is 0 Å². The lowest BCUT2D eigenvalue weighted by atomic mass is 10.2. The van der Waals surface area contributed by atoms with Crippen molar-refractivity contribution in [3.8, 4) is 5.75 Å². The Morgan fingerprint density at radius 3 is 2.45 bits per heavy atom. The van der Waals surface area contributed by atoms with E-state index in [9.17, 15) is 4.79 Å². The summed E-state index contributed by atoms with van der Waals surface area (Å²) < 4.78 is 5.18. The van der Waals surface area contributed by atoms with Crippen molar-refractivity contribution in [2.75, 3.05) is 7.11 Å². The monoisotopic (exact) mass is 382 g/mol. The minimum absolute atomic E-state index is 0.292. The van der Waals surface area contributed by atoms with Gasteiger partial charge in [0.25, 0.3) is 5.91 Å². The fraction of sp³-hybridized carbons (Fsp3) is 0.0435. The van der Waals surface area contributed by atoms with E-state index < -0.39 is 0 Å². The van der Waals surface area contributed by atoms with Crippen LogP contribution in [-0.2, 0) is 4.79 Å². The number of ether oxygens (including phenoxy) is 1. The first-order valence-corrected chi connectivity index (χ1v) is 9.03. The van der Waals surface area contributed by atoms with Crippen molar-refractivity contribution in [2.45, 2.75) is 0 Å². The van der Waals surface area contributed by atoms with Crippen LogP contribution in [-0.4, -0.2) is 35.1 Å². The Morgan fingerprint density at radius 2 is 1.76 bits per heavy atom. The zero-order chi connectivity index (χ0) is 20.1. The lowest BCUT2D eigenvalue weighted by molar-refractivity contribution is -0.122. The normalized spacial score (nSPS) is 15.2. The predicted octanol–water partition coefficient (Wildman–Crippen LogP) is 3.75. The molecule has 0 saturated carbocycles. The van der Waals surface area contributed by atoms with Gasteiger partial charge < -0.3 is 4.74 Å². The maximum Gasteiger partial charge on any atom is 0.298 e. The number of carbonyl (C=O) groups excluding carboxylic acids is 1. The Morgan fingerprint density at radius 1 is 0.966 bits per heavy atom. The summed E-state index contributed by atoms with van der Waals surface area (Å²) in [5.74, 6) is 0.941. The summed E-state index contributed by atoms with van der Waals surface area (Å²) in [7, 11) is 1.61. The zero-order valence-corrected chi connectivity index (χ0v) is 15.8. The maximum atomic E-state index is 13.0. The third-order valence-corrected chi connectivity index (χ3v) is 4.30. The molecule has 0 atom stereocenters. The van der Waals surface area contributed by atoms with E-state index in [4.69, 9.17) is 4.74 Å². The van der Waals surface area contributed by atoms with E-state index in [1.165, 1.54) is 5.01 Å². The number of amides is 1. The Kier molecular flexibility index (Phi) is 5.25. The van der Waals surface area contributed by atoms with Gasteiger partial charge in [0.15, 0.2) is 5.84 Å². The van der Waals surface area contributed by atoms with Crippen molar-refractivity contribution in [3.05, 3.63) is 102 Å². The Hall–Kier alpha value is -4.06. The van der Waals surface area contributed by atoms with Crippen LogP contribution in [0.15, 0.2) is 94.9 Å². The minimum atomic E-state index is -0.292. The second kappa shape index (κ2) is 8.31. The van der Waals surface area contributed by atoms with E-state index in [0.29, 0.717) is 11.5 Å². The number of hydrogen-bond donors (Lipinski definition) is 0. The van der Waals surface area contributed by atoms with Crippen LogP contribution in [0.3, 0.4) is 0 Å². The highest BCUT2D eigenvalue weighted by molar-refractivity contribution is 6.19. The number of rotatable bonds is 5. The Balaban J connectivity index is 1.70. The topological polar surface area (TPSA) is 67.2 Å². The molecule has 2 heterocycles. The number of aliphatic imine (C=N–C) groups is 1. The quantitative estimate of drug-likeness (QED) is 0.498. The van der Waals surface area contributed by atoms with E-state index >= 15 is 0 Å². The first-order chi connectivity index (χ1) is 14.2. The van der Waals surface area contributed by atoms with E-state index in [1.807, 2.05) is 66.7 Å². The molecule has 0 spiro atoms. The summed E-state index contributed by atoms with van der Waals surface area (Å²) in [6, 6.07) is 20.6. The van der Waals surface area contributed by atoms with Gasteiger partial charge >= 0.3 is 0 Å². The molecule has 4 rings (SSSR count). The fourth-order valence-corrected chi connectivity index (χ4v) is 2.82. The molecule has 142 valence electrons. The molecule has 6 nitrogen and oxygen atoms in total. The summed E-state index contributed by atoms with van der Waals surface area (Å²) in [5, 5.41) is 5.70. The van der Waals surface area contributed by atoms with Crippen LogP contribution >= 0.6 is 0 Å². The summed E-state index contributed by atoms with van der Waals surface area (Å²) in [6.45, 7) is 0. The van der Waals surface area contributed by atoms with Gasteiger partial charge in [-0.25, -0.2) is 4.99 Å². The number of nitrogens with zero attached hydrogens (tertiary/aromatic N) is 4. The molecule has 29 heavy (non-hydrogen) atoms. The molecule has 0 N–H and O–H groups in total. The number of hydrazone groups is 1. The second-order valence-corrected chi connectivity index (χ2v) is 6.25. The van der Waals surface area contributed by atoms with Gasteiger partial charge in [0.2, 0.25) is 0 Å². The summed E-state index contributed by atoms with van der Waals surface area (Å²) in [6.07, 6.45) is 6.70. The van der Waals surface area contributed by atoms with Crippen LogP contribution < -0.4 is 4.74 Å². The van der Waals surface area contributed by atoms with Gasteiger partial charge in [0.1, 0.15) is 11.4 Å². The summed E-state index contributed by atoms with van der Waals surface area (Å²) in [5.41, 5.74) is 2.77. The van der Waals surface area contributed by atoms with Crippen molar-refractivity contribution in [2.24, 2.45) is 10.1 Å². The van der Waals surface area contributed by atoms with Crippen LogP contribution in [0.25, 0.3) is 6.08 Å². The van der Waals surface area contributed by atoms with Crippen LogP contribution in [0.1, 0.15) is 16.7 Å². The number of aromatic nitrogens is 1. The van der Waals surface area contributed by atoms with Crippen LogP contribution in [0.4, 0.5) is 0 Å². The highest BCUT2D eigenvalue weighted by atomic mass is 16.5. The molecule has 3 aromatic rings. The highest BCUT2D eigenvalue weighted by Gasteiger charge is 2.31. The van der Waals surface area contributed by atoms with E-state index in [-0.39, 0.29) is 5.91 Å². The van der Waals surface area contributed by atoms with Crippen molar-refractivity contribution in [3.63, 3.8) is 0 Å². The molecule has 2 aromatic carbocycles. The molecule has 0 fully saturated rings. The van der Waals surface area contributed by atoms with Crippen molar-refractivity contribution >= 4 is 24.0 Å². The van der Waals surface area contributed by atoms with E-state index in [2.05, 4.69) is 15.1 Å². The van der Waals surface area contributed by atoms with E-state index in [0.717, 1.165) is 22.4 Å². The lowest BCUT2D eigenvalue weighted by Gasteiger charge is -2.11. The number of benzene rings is 2. The fourth-order valence-electron chi connectivity index (χ4n) is 2.82. The Labute approximate surface area is 168 Å². The summed E-state index contributed by atoms with van der Waals surface area (Å²) >= 11 is 0. The number of methoxy groups -OCH3 is 1. The molecule has 0 saturated heterocycles. The predicted molar refractivity (Wildman–Crippen MR) is 113 cm³/mol. The van der Waals surface area contributed by atoms with Gasteiger partial charge in [0.05, 0.1) is 13.3 Å². The first-order valence-electron chi connectivity index (χ1n) is 9.03. The third-order valence-electron chi connectivity index (χ3n) is 4.30. The number of hydrogen-bond acceptors (Lipinski definition) is 5. The standard InChI is InChI=1S/C23H18N4O2/c1-29-20-11-9-17(10-12-20)14-21-23(28)27(25-16-18-6-5-13-24-15-18)22(26-21)19-7-3-2-4-8-19/h2-16H,1H3/b21-14-,25-16+. The maximum absolute atomic E-state index is 13.0. The third kappa shape index (κ3) is 4.11. The highest BCUT2D eigenvalue weighted by Crippen LogP contribution is 2.23. The first kappa shape index (κ1) is 18.3. The molecule has 0 unspecified atom stereocenters. The van der Waals surface area contributed by atoms with Crippen molar-refractivity contribution < 1.29 is 9.53 Å². The molecule has 0 bridgehead atoms. The van der Waals surface area contributed by atoms with Gasteiger partial charge in [0, 0.05) is 23.5 Å². The van der Waals surface area contributed by atoms with Crippen molar-refractivity contribution in [1.82, 2.24) is 9.99 Å². The van der Waals surface area contributed by atoms with Crippen LogP contribution in [0.5, 0.6) is 5.75 Å². The van der Waals surface area contributed by atoms with Crippen LogP contribution in [0.2, 0.25) is 0 Å². The summed E-state index contributed by atoms with van der Waals surface area (Å²) in [4.78, 5) is 21.7.